The van der Waals surface area contributed by atoms with E-state index in [1.165, 1.54) is 17.1 Å². The highest BCUT2D eigenvalue weighted by atomic mass is 32.2. The molecule has 1 aromatic heterocycles. The van der Waals surface area contributed by atoms with Gasteiger partial charge in [0.1, 0.15) is 22.8 Å². The third-order valence-electron chi connectivity index (χ3n) is 7.02. The summed E-state index contributed by atoms with van der Waals surface area (Å²) in [6.45, 7) is 5.71. The summed E-state index contributed by atoms with van der Waals surface area (Å²) in [4.78, 5) is 60.0. The number of likely N-dealkylation sites (tertiary alicyclic amines) is 1. The number of nitrogens with one attached hydrogen (secondary N) is 2. The second-order valence-electron chi connectivity index (χ2n) is 9.36. The van der Waals surface area contributed by atoms with Crippen LogP contribution in [0.2, 0.25) is 0 Å². The van der Waals surface area contributed by atoms with Gasteiger partial charge in [-0.3, -0.25) is 24.2 Å². The first-order valence-corrected chi connectivity index (χ1v) is 14.3. The van der Waals surface area contributed by atoms with E-state index in [0.29, 0.717) is 30.7 Å². The average molecular weight is 577 g/mol. The molecule has 0 saturated carbocycles. The van der Waals surface area contributed by atoms with Gasteiger partial charge in [0.25, 0.3) is 11.8 Å². The minimum Gasteiger partial charge on any atom is -0.477 e. The molecule has 4 aliphatic rings. The lowest BCUT2D eigenvalue weighted by atomic mass is 10.0. The number of aromatic nitrogens is 1. The Labute approximate surface area is 231 Å². The molecule has 4 aliphatic heterocycles. The van der Waals surface area contributed by atoms with E-state index in [0.717, 1.165) is 49.0 Å². The van der Waals surface area contributed by atoms with E-state index in [4.69, 9.17) is 5.73 Å². The predicted octanol–water partition coefficient (Wildman–Crippen LogP) is -1.29. The van der Waals surface area contributed by atoms with Gasteiger partial charge in [-0.15, -0.1) is 23.1 Å². The highest BCUT2D eigenvalue weighted by Gasteiger charge is 2.54. The third-order valence-corrected chi connectivity index (χ3v) is 9.00. The van der Waals surface area contributed by atoms with Crippen LogP contribution in [0.15, 0.2) is 33.5 Å². The minimum atomic E-state index is -1.29. The lowest BCUT2D eigenvalue weighted by Gasteiger charge is -2.49. The summed E-state index contributed by atoms with van der Waals surface area (Å²) in [6, 6.07) is -1.02. The van der Waals surface area contributed by atoms with Gasteiger partial charge in [0.15, 0.2) is 10.8 Å². The predicted molar refractivity (Wildman–Crippen MR) is 143 cm³/mol. The molecule has 5 rings (SSSR count). The van der Waals surface area contributed by atoms with Crippen LogP contribution >= 0.6 is 23.1 Å². The number of anilines is 1. The zero-order valence-corrected chi connectivity index (χ0v) is 22.5. The van der Waals surface area contributed by atoms with E-state index < -0.39 is 34.9 Å². The van der Waals surface area contributed by atoms with E-state index in [-0.39, 0.29) is 28.2 Å². The number of carboxylic acid groups (broad SMARTS) is 1. The van der Waals surface area contributed by atoms with Crippen LogP contribution in [-0.4, -0.2) is 122 Å². The van der Waals surface area contributed by atoms with Crippen molar-refractivity contribution in [2.24, 2.45) is 5.16 Å². The van der Waals surface area contributed by atoms with Crippen molar-refractivity contribution >= 4 is 57.6 Å². The molecule has 208 valence electrons. The van der Waals surface area contributed by atoms with Crippen LogP contribution in [0.1, 0.15) is 12.1 Å². The molecule has 1 aromatic rings. The molecule has 0 radical (unpaired) electrons. The number of nitrogens with two attached hydrogens (primary N) is 1. The molecule has 0 spiro atoms. The summed E-state index contributed by atoms with van der Waals surface area (Å²) in [5.74, 6) is -2.62. The number of allylic oxidation sites excluding steroid dienone is 1. The van der Waals surface area contributed by atoms with Crippen molar-refractivity contribution < 1.29 is 29.5 Å². The molecular formula is C23H28N8O6S2. The summed E-state index contributed by atoms with van der Waals surface area (Å²) in [5.41, 5.74) is 5.93. The molecule has 2 atom stereocenters. The van der Waals surface area contributed by atoms with Crippen molar-refractivity contribution in [3.63, 3.8) is 0 Å². The molecule has 3 fully saturated rings. The number of fused-ring (bicyclic) bond motifs is 1. The van der Waals surface area contributed by atoms with Gasteiger partial charge in [0, 0.05) is 62.5 Å². The van der Waals surface area contributed by atoms with Gasteiger partial charge in [-0.25, -0.2) is 9.78 Å². The highest BCUT2D eigenvalue weighted by molar-refractivity contribution is 8.00. The van der Waals surface area contributed by atoms with Crippen molar-refractivity contribution in [1.82, 2.24) is 30.3 Å². The van der Waals surface area contributed by atoms with Gasteiger partial charge in [-0.2, -0.15) is 0 Å². The second-order valence-corrected chi connectivity index (χ2v) is 11.4. The van der Waals surface area contributed by atoms with Crippen LogP contribution in [0.5, 0.6) is 0 Å². The zero-order valence-electron chi connectivity index (χ0n) is 20.8. The van der Waals surface area contributed by atoms with Gasteiger partial charge in [-0.1, -0.05) is 5.16 Å². The van der Waals surface area contributed by atoms with Crippen molar-refractivity contribution in [1.29, 1.82) is 0 Å². The number of carbonyl (C=O) groups excluding carboxylic acids is 3. The fourth-order valence-electron chi connectivity index (χ4n) is 4.99. The first-order valence-electron chi connectivity index (χ1n) is 12.4. The number of oxime groups is 1. The minimum absolute atomic E-state index is 0.0562. The third kappa shape index (κ3) is 5.36. The molecule has 0 bridgehead atoms. The monoisotopic (exact) mass is 576 g/mol. The number of amides is 3. The number of rotatable bonds is 8. The largest absolute Gasteiger partial charge is 0.477 e. The van der Waals surface area contributed by atoms with Gasteiger partial charge < -0.3 is 31.6 Å². The number of carboxylic acids is 1. The van der Waals surface area contributed by atoms with Gasteiger partial charge >= 0.3 is 5.97 Å². The lowest BCUT2D eigenvalue weighted by molar-refractivity contribution is -0.150. The fourth-order valence-corrected chi connectivity index (χ4v) is 6.85. The van der Waals surface area contributed by atoms with E-state index >= 15 is 0 Å². The second kappa shape index (κ2) is 11.3. The normalized spacial score (nSPS) is 25.2. The summed E-state index contributed by atoms with van der Waals surface area (Å²) >= 11 is 2.34. The molecule has 0 unspecified atom stereocenters. The molecule has 0 aliphatic carbocycles. The van der Waals surface area contributed by atoms with Crippen molar-refractivity contribution in [2.75, 3.05) is 57.3 Å². The number of thioether (sulfide) groups is 1. The van der Waals surface area contributed by atoms with E-state index in [1.54, 1.807) is 11.0 Å². The van der Waals surface area contributed by atoms with Crippen LogP contribution in [0.3, 0.4) is 0 Å². The number of thiazole rings is 1. The number of hydrogen-bond acceptors (Lipinski definition) is 12. The molecule has 39 heavy (non-hydrogen) atoms. The molecule has 14 nitrogen and oxygen atoms in total. The molecule has 6 N–H and O–H groups in total. The van der Waals surface area contributed by atoms with Crippen LogP contribution in [-0.2, 0) is 19.2 Å². The quantitative estimate of drug-likeness (QED) is 0.0812. The van der Waals surface area contributed by atoms with Crippen molar-refractivity contribution in [2.45, 2.75) is 17.8 Å². The Bertz CT molecular complexity index is 1290. The maximum atomic E-state index is 13.0. The van der Waals surface area contributed by atoms with E-state index in [9.17, 15) is 29.5 Å². The number of carbonyl (C=O) groups is 4. The zero-order chi connectivity index (χ0) is 27.7. The standard InChI is InChI=1S/C23H28N8O6S2/c24-23-26-14(11-39-23)15(28-37)18(32)27-16-20(34)31-17(22(35)36)13(10-38-21(16)31)9-12-1-4-30(19(12)33)8-7-29-5-2-25-3-6-29/h9,11,16,21,25,37H,1-8,10H2,(H2,24,26)(H,27,32)(H,35,36)/b12-9+,28-15-/t16-,21-/m1/s1. The SMILES string of the molecule is Nc1nc(/C(=N/O)C(=O)N[C@@H]2C(=O)N3C(C(=O)O)=C(/C=C4\CCN(CCN5CCNCC5)C4=O)CS[C@H]23)cs1. The Morgan fingerprint density at radius 1 is 1.26 bits per heavy atom. The van der Waals surface area contributed by atoms with Crippen molar-refractivity contribution in [3.05, 3.63) is 34.0 Å². The molecule has 3 amide bonds. The summed E-state index contributed by atoms with van der Waals surface area (Å²) in [6.07, 6.45) is 2.10. The first kappa shape index (κ1) is 27.1. The summed E-state index contributed by atoms with van der Waals surface area (Å²) in [7, 11) is 0. The van der Waals surface area contributed by atoms with E-state index in [2.05, 4.69) is 25.7 Å². The van der Waals surface area contributed by atoms with Gasteiger partial charge in [-0.05, 0) is 18.1 Å². The van der Waals surface area contributed by atoms with Gasteiger partial charge in [0.2, 0.25) is 5.91 Å². The Kier molecular flexibility index (Phi) is 7.88. The number of β-lactam (4-membered cyclic amide) rings is 1. The fraction of sp³-hybridized carbons (Fsp3) is 0.478. The van der Waals surface area contributed by atoms with Crippen LogP contribution in [0.4, 0.5) is 5.13 Å². The van der Waals surface area contributed by atoms with Crippen LogP contribution < -0.4 is 16.4 Å². The highest BCUT2D eigenvalue weighted by Crippen LogP contribution is 2.41. The molecule has 16 heteroatoms. The topological polar surface area (TPSA) is 194 Å². The van der Waals surface area contributed by atoms with E-state index in [1.807, 2.05) is 0 Å². The average Bonchev–Trinajstić information content (AvgIpc) is 3.51. The number of hydrogen-bond donors (Lipinski definition) is 5. The Morgan fingerprint density at radius 3 is 2.69 bits per heavy atom. The molecule has 3 saturated heterocycles. The van der Waals surface area contributed by atoms with Gasteiger partial charge in [0.05, 0.1) is 0 Å². The van der Waals surface area contributed by atoms with Crippen LogP contribution in [0, 0.1) is 0 Å². The summed E-state index contributed by atoms with van der Waals surface area (Å²) < 4.78 is 0. The molecule has 0 aromatic carbocycles. The van der Waals surface area contributed by atoms with Crippen LogP contribution in [0.25, 0.3) is 0 Å². The Hall–Kier alpha value is -3.47. The molecular weight excluding hydrogens is 548 g/mol. The lowest BCUT2D eigenvalue weighted by Crippen LogP contribution is -2.71. The molecule has 5 heterocycles. The first-order chi connectivity index (χ1) is 18.8. The summed E-state index contributed by atoms with van der Waals surface area (Å²) in [5, 5.41) is 29.0. The number of aliphatic carboxylic acids is 1. The van der Waals surface area contributed by atoms with Crippen molar-refractivity contribution in [3.8, 4) is 0 Å². The number of piperazine rings is 1. The number of nitrogen functional groups attached to an aromatic ring is 1. The smallest absolute Gasteiger partial charge is 0.352 e. The Balaban J connectivity index is 1.26. The number of nitrogens with zero attached hydrogens (tertiary/aromatic N) is 5. The maximum absolute atomic E-state index is 13.0. The Morgan fingerprint density at radius 2 is 2.03 bits per heavy atom. The maximum Gasteiger partial charge on any atom is 0.352 e.